The van der Waals surface area contributed by atoms with Crippen LogP contribution < -0.4 is 10.0 Å². The van der Waals surface area contributed by atoms with E-state index in [2.05, 4.69) is 26.0 Å². The minimum Gasteiger partial charge on any atom is -0.351 e. The van der Waals surface area contributed by atoms with Crippen LogP contribution in [0.4, 0.5) is 0 Å². The second-order valence-electron chi connectivity index (χ2n) is 6.10. The number of hydrogen-bond donors (Lipinski definition) is 2. The third kappa shape index (κ3) is 5.96. The molecule has 0 heterocycles. The zero-order chi connectivity index (χ0) is 19.4. The Bertz CT molecular complexity index is 932. The molecule has 0 saturated heterocycles. The Balaban J connectivity index is 1.58. The number of benzene rings is 2. The van der Waals surface area contributed by atoms with Crippen molar-refractivity contribution in [2.45, 2.75) is 28.7 Å². The van der Waals surface area contributed by atoms with Crippen molar-refractivity contribution in [3.05, 3.63) is 57.5 Å². The molecule has 1 aliphatic rings. The van der Waals surface area contributed by atoms with Gasteiger partial charge >= 0.3 is 0 Å². The van der Waals surface area contributed by atoms with Crippen molar-refractivity contribution in [2.75, 3.05) is 12.3 Å². The minimum atomic E-state index is -3.60. The van der Waals surface area contributed by atoms with Crippen LogP contribution in [-0.4, -0.2) is 32.7 Å². The summed E-state index contributed by atoms with van der Waals surface area (Å²) >= 11 is 10.8. The summed E-state index contributed by atoms with van der Waals surface area (Å²) in [6.45, 7) is 0.454. The maximum absolute atomic E-state index is 12.5. The van der Waals surface area contributed by atoms with Crippen molar-refractivity contribution in [1.82, 2.24) is 10.0 Å². The van der Waals surface area contributed by atoms with E-state index >= 15 is 0 Å². The van der Waals surface area contributed by atoms with Crippen LogP contribution >= 0.6 is 39.3 Å². The molecule has 1 saturated carbocycles. The summed E-state index contributed by atoms with van der Waals surface area (Å²) in [5.41, 5.74) is 0.296. The normalized spacial score (nSPS) is 14.1. The second-order valence-corrected chi connectivity index (χ2v) is 10.3. The monoisotopic (exact) mass is 488 g/mol. The van der Waals surface area contributed by atoms with Gasteiger partial charge in [-0.1, -0.05) is 11.6 Å². The number of amides is 1. The summed E-state index contributed by atoms with van der Waals surface area (Å²) in [5, 5.41) is 3.51. The largest absolute Gasteiger partial charge is 0.351 e. The molecule has 1 aliphatic carbocycles. The molecule has 0 aromatic heterocycles. The molecule has 0 aliphatic heterocycles. The highest BCUT2D eigenvalue weighted by Gasteiger charge is 2.28. The van der Waals surface area contributed by atoms with E-state index in [9.17, 15) is 13.2 Å². The number of carbonyl (C=O) groups excluding carboxylic acids is 1. The van der Waals surface area contributed by atoms with Gasteiger partial charge in [0.25, 0.3) is 5.91 Å². The first-order valence-corrected chi connectivity index (χ1v) is 12.0. The highest BCUT2D eigenvalue weighted by Crippen LogP contribution is 2.25. The lowest BCUT2D eigenvalue weighted by Crippen LogP contribution is -2.28. The van der Waals surface area contributed by atoms with Crippen LogP contribution in [0.15, 0.2) is 56.7 Å². The van der Waals surface area contributed by atoms with Gasteiger partial charge in [-0.25, -0.2) is 13.1 Å². The summed E-state index contributed by atoms with van der Waals surface area (Å²) in [6, 6.07) is 12.0. The molecule has 0 atom stereocenters. The van der Waals surface area contributed by atoms with Crippen LogP contribution in [0.25, 0.3) is 0 Å². The van der Waals surface area contributed by atoms with E-state index in [0.29, 0.717) is 27.4 Å². The van der Waals surface area contributed by atoms with Gasteiger partial charge in [-0.3, -0.25) is 4.79 Å². The van der Waals surface area contributed by atoms with Crippen molar-refractivity contribution >= 4 is 55.2 Å². The zero-order valence-corrected chi connectivity index (χ0v) is 18.2. The highest BCUT2D eigenvalue weighted by molar-refractivity contribution is 9.10. The standard InChI is InChI=1S/C18H18BrClN2O3S2/c19-17-8-7-15(27(24,25)22-13-3-4-13)11-16(17)18(23)21-9-10-26-14-5-1-12(20)2-6-14/h1-2,5-8,11,13,22H,3-4,9-10H2,(H,21,23). The first-order valence-electron chi connectivity index (χ1n) is 8.33. The Hall–Kier alpha value is -1.06. The number of rotatable bonds is 8. The highest BCUT2D eigenvalue weighted by atomic mass is 79.9. The Kier molecular flexibility index (Phi) is 6.86. The van der Waals surface area contributed by atoms with E-state index in [1.54, 1.807) is 17.8 Å². The smallest absolute Gasteiger partial charge is 0.252 e. The maximum atomic E-state index is 12.5. The van der Waals surface area contributed by atoms with Crippen molar-refractivity contribution in [3.63, 3.8) is 0 Å². The third-order valence-electron chi connectivity index (χ3n) is 3.86. The van der Waals surface area contributed by atoms with Crippen molar-refractivity contribution in [2.24, 2.45) is 0 Å². The third-order valence-corrected chi connectivity index (χ3v) is 7.34. The van der Waals surface area contributed by atoms with Crippen LogP contribution in [0.5, 0.6) is 0 Å². The number of halogens is 2. The summed E-state index contributed by atoms with van der Waals surface area (Å²) in [7, 11) is -3.60. The second kappa shape index (κ2) is 8.96. The lowest BCUT2D eigenvalue weighted by Gasteiger charge is -2.10. The fourth-order valence-corrected chi connectivity index (χ4v) is 4.95. The summed E-state index contributed by atoms with van der Waals surface area (Å²) < 4.78 is 27.8. The lowest BCUT2D eigenvalue weighted by atomic mass is 10.2. The molecule has 1 fully saturated rings. The van der Waals surface area contributed by atoms with E-state index in [-0.39, 0.29) is 16.8 Å². The average molecular weight is 490 g/mol. The predicted octanol–water partition coefficient (Wildman–Crippen LogP) is 4.07. The molecule has 2 aromatic rings. The van der Waals surface area contributed by atoms with Crippen molar-refractivity contribution < 1.29 is 13.2 Å². The Morgan fingerprint density at radius 1 is 1.19 bits per heavy atom. The number of carbonyl (C=O) groups is 1. The van der Waals surface area contributed by atoms with Crippen LogP contribution in [-0.2, 0) is 10.0 Å². The Morgan fingerprint density at radius 3 is 2.56 bits per heavy atom. The van der Waals surface area contributed by atoms with E-state index in [4.69, 9.17) is 11.6 Å². The van der Waals surface area contributed by atoms with Gasteiger partial charge in [0.1, 0.15) is 0 Å². The number of hydrogen-bond acceptors (Lipinski definition) is 4. The van der Waals surface area contributed by atoms with E-state index in [0.717, 1.165) is 17.7 Å². The van der Waals surface area contributed by atoms with Gasteiger partial charge < -0.3 is 5.32 Å². The average Bonchev–Trinajstić information content (AvgIpc) is 3.43. The Morgan fingerprint density at radius 2 is 1.89 bits per heavy atom. The van der Waals surface area contributed by atoms with Gasteiger partial charge in [0, 0.05) is 32.7 Å². The van der Waals surface area contributed by atoms with Gasteiger partial charge in [-0.05, 0) is 71.2 Å². The van der Waals surface area contributed by atoms with Gasteiger partial charge in [-0.15, -0.1) is 11.8 Å². The summed E-state index contributed by atoms with van der Waals surface area (Å²) in [6.07, 6.45) is 1.71. The van der Waals surface area contributed by atoms with Crippen LogP contribution in [0.2, 0.25) is 5.02 Å². The van der Waals surface area contributed by atoms with Crippen LogP contribution in [0, 0.1) is 0 Å². The van der Waals surface area contributed by atoms with Crippen molar-refractivity contribution in [1.29, 1.82) is 0 Å². The molecule has 0 bridgehead atoms. The van der Waals surface area contributed by atoms with Gasteiger partial charge in [0.15, 0.2) is 0 Å². The molecule has 5 nitrogen and oxygen atoms in total. The van der Waals surface area contributed by atoms with E-state index in [1.807, 2.05) is 24.3 Å². The zero-order valence-electron chi connectivity index (χ0n) is 14.2. The first kappa shape index (κ1) is 20.7. The minimum absolute atomic E-state index is 0.0146. The summed E-state index contributed by atoms with van der Waals surface area (Å²) in [4.78, 5) is 13.6. The fourth-order valence-electron chi connectivity index (χ4n) is 2.29. The van der Waals surface area contributed by atoms with E-state index in [1.165, 1.54) is 12.1 Å². The molecule has 144 valence electrons. The van der Waals surface area contributed by atoms with Gasteiger partial charge in [0.05, 0.1) is 10.5 Å². The number of nitrogens with one attached hydrogen (secondary N) is 2. The maximum Gasteiger partial charge on any atom is 0.252 e. The molecule has 0 unspecified atom stereocenters. The molecule has 27 heavy (non-hydrogen) atoms. The molecule has 0 radical (unpaired) electrons. The first-order chi connectivity index (χ1) is 12.8. The molecule has 1 amide bonds. The molecule has 3 rings (SSSR count). The lowest BCUT2D eigenvalue weighted by molar-refractivity contribution is 0.0955. The van der Waals surface area contributed by atoms with Gasteiger partial charge in [0.2, 0.25) is 10.0 Å². The molecule has 2 N–H and O–H groups in total. The fraction of sp³-hybridized carbons (Fsp3) is 0.278. The molecule has 9 heteroatoms. The molecular weight excluding hydrogens is 472 g/mol. The molecular formula is C18H18BrClN2O3S2. The number of thioether (sulfide) groups is 1. The molecule has 2 aromatic carbocycles. The Labute approximate surface area is 176 Å². The van der Waals surface area contributed by atoms with Crippen LogP contribution in [0.3, 0.4) is 0 Å². The SMILES string of the molecule is O=C(NCCSc1ccc(Cl)cc1)c1cc(S(=O)(=O)NC2CC2)ccc1Br. The predicted molar refractivity (Wildman–Crippen MR) is 112 cm³/mol. The van der Waals surface area contributed by atoms with E-state index < -0.39 is 10.0 Å². The molecule has 0 spiro atoms. The van der Waals surface area contributed by atoms with Gasteiger partial charge in [-0.2, -0.15) is 0 Å². The van der Waals surface area contributed by atoms with Crippen LogP contribution in [0.1, 0.15) is 23.2 Å². The topological polar surface area (TPSA) is 75.3 Å². The summed E-state index contributed by atoms with van der Waals surface area (Å²) in [5.74, 6) is 0.369. The van der Waals surface area contributed by atoms with Crippen molar-refractivity contribution in [3.8, 4) is 0 Å². The quantitative estimate of drug-likeness (QED) is 0.433. The number of sulfonamides is 1.